The Balaban J connectivity index is 1.44. The summed E-state index contributed by atoms with van der Waals surface area (Å²) in [5.41, 5.74) is 0.147. The average molecular weight is 955 g/mol. The summed E-state index contributed by atoms with van der Waals surface area (Å²) in [6.45, 7) is 13.1. The van der Waals surface area contributed by atoms with E-state index in [0.717, 1.165) is 11.3 Å². The number of amides is 7. The van der Waals surface area contributed by atoms with Crippen molar-refractivity contribution in [3.8, 4) is 0 Å². The molecule has 0 bridgehead atoms. The fourth-order valence-corrected chi connectivity index (χ4v) is 10.00. The molecule has 3 aliphatic rings. The number of ether oxygens (including phenoxy) is 2. The third-order valence-corrected chi connectivity index (χ3v) is 14.2. The molecule has 18 heteroatoms. The quantitative estimate of drug-likeness (QED) is 0.0849. The minimum absolute atomic E-state index is 0.0805. The molecule has 68 heavy (non-hydrogen) atoms. The van der Waals surface area contributed by atoms with Crippen molar-refractivity contribution in [3.63, 3.8) is 0 Å². The number of carboxylic acid groups (broad SMARTS) is 1. The van der Waals surface area contributed by atoms with Crippen LogP contribution in [0.4, 0.5) is 4.39 Å². The normalized spacial score (nSPS) is 21.1. The number of methoxy groups -OCH3 is 2. The SMILES string of the molecule is CCC(C)C(C(CC(=O)N1[C@H](C(OC)C(C)C(=O)NC(Cc2ccccc2F)C(=O)O)C[C@@H]2C[C@@H]21)OC)N(C)C(=O)C(NC(=O)C(C(C)C)N(C)C(=O)CCCCCN1C(=O)C=CC1=O)C(C)C. The molecule has 0 radical (unpaired) electrons. The molecule has 11 atom stereocenters. The molecule has 17 nitrogen and oxygen atoms in total. The first-order valence-corrected chi connectivity index (χ1v) is 24.1. The van der Waals surface area contributed by atoms with Crippen molar-refractivity contribution in [2.75, 3.05) is 34.9 Å². The van der Waals surface area contributed by atoms with Crippen LogP contribution in [0.25, 0.3) is 0 Å². The van der Waals surface area contributed by atoms with Crippen LogP contribution >= 0.6 is 0 Å². The molecule has 1 aliphatic carbocycles. The fourth-order valence-electron chi connectivity index (χ4n) is 10.00. The molecule has 1 saturated carbocycles. The molecule has 378 valence electrons. The number of halogens is 1. The van der Waals surface area contributed by atoms with Crippen LogP contribution in [0.15, 0.2) is 36.4 Å². The maximum atomic E-state index is 14.6. The van der Waals surface area contributed by atoms with E-state index < -0.39 is 71.9 Å². The van der Waals surface area contributed by atoms with Gasteiger partial charge in [-0.1, -0.05) is 79.5 Å². The number of carbonyl (C=O) groups excluding carboxylic acids is 7. The standard InChI is InChI=1S/C50H75FN6O11/c1-12-30(6)45(55(9)49(64)43(28(2)3)53-48(63)44(29(4)5)54(8)39(58)20-14-13-17-23-56-40(59)21-22-41(56)60)38(67-10)27-42(61)57-36-25-33(36)26-37(57)46(68-11)31(7)47(62)52-35(50(65)66)24-32-18-15-16-19-34(32)51/h15-16,18-19,21-22,28-31,33,35-38,43-46H,12-14,17,20,23-27H2,1-11H3,(H,52,62)(H,53,63)(H,65,66)/t30?,31?,33-,35?,36-,37-,38?,43?,44?,45?,46?/m0/s1. The number of unbranched alkanes of at least 4 members (excludes halogenated alkanes) is 2. The molecule has 0 spiro atoms. The summed E-state index contributed by atoms with van der Waals surface area (Å²) in [6, 6.07) is 1.30. The number of aliphatic carboxylic acids is 1. The van der Waals surface area contributed by atoms with Gasteiger partial charge in [0.05, 0.1) is 36.6 Å². The van der Waals surface area contributed by atoms with Gasteiger partial charge in [-0.2, -0.15) is 0 Å². The van der Waals surface area contributed by atoms with Gasteiger partial charge in [0.25, 0.3) is 11.8 Å². The Hall–Kier alpha value is -5.23. The Morgan fingerprint density at radius 1 is 0.853 bits per heavy atom. The average Bonchev–Trinajstić information content (AvgIpc) is 3.84. The Kier molecular flexibility index (Phi) is 20.3. The second-order valence-corrected chi connectivity index (χ2v) is 19.6. The molecule has 8 unspecified atom stereocenters. The lowest BCUT2D eigenvalue weighted by Gasteiger charge is -2.41. The Bertz CT molecular complexity index is 2000. The molecule has 1 saturated heterocycles. The fraction of sp³-hybridized carbons (Fsp3) is 0.680. The van der Waals surface area contributed by atoms with Gasteiger partial charge < -0.3 is 39.9 Å². The van der Waals surface area contributed by atoms with Crippen LogP contribution in [0.1, 0.15) is 105 Å². The van der Waals surface area contributed by atoms with Gasteiger partial charge >= 0.3 is 5.97 Å². The van der Waals surface area contributed by atoms with E-state index >= 15 is 0 Å². The lowest BCUT2D eigenvalue weighted by atomic mass is 9.89. The Morgan fingerprint density at radius 3 is 2.06 bits per heavy atom. The highest BCUT2D eigenvalue weighted by Gasteiger charge is 2.57. The number of carbonyl (C=O) groups is 8. The van der Waals surface area contributed by atoms with Crippen molar-refractivity contribution in [1.29, 1.82) is 0 Å². The maximum Gasteiger partial charge on any atom is 0.326 e. The zero-order chi connectivity index (χ0) is 50.7. The van der Waals surface area contributed by atoms with E-state index in [4.69, 9.17) is 9.47 Å². The van der Waals surface area contributed by atoms with E-state index in [1.807, 2.05) is 41.5 Å². The Morgan fingerprint density at radius 2 is 1.50 bits per heavy atom. The largest absolute Gasteiger partial charge is 0.480 e. The summed E-state index contributed by atoms with van der Waals surface area (Å²) >= 11 is 0. The number of carboxylic acids is 1. The molecule has 1 aromatic rings. The molecule has 2 fully saturated rings. The number of imide groups is 1. The number of likely N-dealkylation sites (N-methyl/N-ethyl adjacent to an activating group) is 2. The van der Waals surface area contributed by atoms with Gasteiger partial charge in [-0.15, -0.1) is 0 Å². The van der Waals surface area contributed by atoms with Gasteiger partial charge in [0, 0.05) is 65.9 Å². The van der Waals surface area contributed by atoms with E-state index in [1.165, 1.54) is 49.5 Å². The van der Waals surface area contributed by atoms with Crippen molar-refractivity contribution in [3.05, 3.63) is 47.8 Å². The van der Waals surface area contributed by atoms with Gasteiger partial charge in [0.15, 0.2) is 0 Å². The number of rotatable bonds is 27. The third kappa shape index (κ3) is 13.5. The van der Waals surface area contributed by atoms with Crippen LogP contribution < -0.4 is 10.6 Å². The van der Waals surface area contributed by atoms with Crippen molar-refractivity contribution in [2.45, 2.75) is 155 Å². The van der Waals surface area contributed by atoms with Crippen LogP contribution in [0.3, 0.4) is 0 Å². The van der Waals surface area contributed by atoms with E-state index in [9.17, 15) is 47.9 Å². The molecule has 7 amide bonds. The van der Waals surface area contributed by atoms with Crippen LogP contribution in [-0.4, -0.2) is 155 Å². The molecule has 4 rings (SSSR count). The number of piperidine rings is 1. The monoisotopic (exact) mass is 955 g/mol. The first-order chi connectivity index (χ1) is 32.1. The minimum Gasteiger partial charge on any atom is -0.480 e. The van der Waals surface area contributed by atoms with Crippen molar-refractivity contribution < 1.29 is 57.3 Å². The topological polar surface area (TPSA) is 212 Å². The summed E-state index contributed by atoms with van der Waals surface area (Å²) in [6.07, 6.45) is 4.31. The zero-order valence-electron chi connectivity index (χ0n) is 41.7. The summed E-state index contributed by atoms with van der Waals surface area (Å²) in [4.78, 5) is 112. The van der Waals surface area contributed by atoms with E-state index in [2.05, 4.69) is 10.6 Å². The number of nitrogens with one attached hydrogen (secondary N) is 2. The Labute approximate surface area is 400 Å². The summed E-state index contributed by atoms with van der Waals surface area (Å²) in [7, 11) is 6.16. The zero-order valence-corrected chi connectivity index (χ0v) is 41.7. The van der Waals surface area contributed by atoms with Gasteiger partial charge in [0.1, 0.15) is 23.9 Å². The third-order valence-electron chi connectivity index (χ3n) is 14.2. The summed E-state index contributed by atoms with van der Waals surface area (Å²) in [5, 5.41) is 15.5. The highest BCUT2D eigenvalue weighted by atomic mass is 19.1. The van der Waals surface area contributed by atoms with Crippen LogP contribution in [0, 0.1) is 35.4 Å². The lowest BCUT2D eigenvalue weighted by Crippen LogP contribution is -2.60. The van der Waals surface area contributed by atoms with E-state index in [0.29, 0.717) is 32.1 Å². The first-order valence-electron chi connectivity index (χ1n) is 24.1. The van der Waals surface area contributed by atoms with Gasteiger partial charge in [0.2, 0.25) is 29.5 Å². The lowest BCUT2D eigenvalue weighted by molar-refractivity contribution is -0.149. The minimum atomic E-state index is -1.40. The highest BCUT2D eigenvalue weighted by molar-refractivity contribution is 6.12. The molecule has 1 aromatic carbocycles. The molecule has 2 aliphatic heterocycles. The molecule has 0 aromatic heterocycles. The number of hydrogen-bond donors (Lipinski definition) is 3. The van der Waals surface area contributed by atoms with Crippen LogP contribution in [0.2, 0.25) is 0 Å². The number of benzene rings is 1. The number of fused-ring (bicyclic) bond motifs is 1. The maximum absolute atomic E-state index is 14.6. The second kappa shape index (κ2) is 24.9. The van der Waals surface area contributed by atoms with Crippen molar-refractivity contribution >= 4 is 47.3 Å². The second-order valence-electron chi connectivity index (χ2n) is 19.6. The molecule has 2 heterocycles. The van der Waals surface area contributed by atoms with E-state index in [-0.39, 0.29) is 90.6 Å². The van der Waals surface area contributed by atoms with E-state index in [1.54, 1.807) is 36.9 Å². The highest BCUT2D eigenvalue weighted by Crippen LogP contribution is 2.50. The summed E-state index contributed by atoms with van der Waals surface area (Å²) in [5.74, 6) is -6.07. The molecule has 3 N–H and O–H groups in total. The smallest absolute Gasteiger partial charge is 0.326 e. The molecular formula is C50H75FN6O11. The number of hydrogen-bond acceptors (Lipinski definition) is 10. The first kappa shape index (κ1) is 55.4. The van der Waals surface area contributed by atoms with Crippen LogP contribution in [0.5, 0.6) is 0 Å². The van der Waals surface area contributed by atoms with Gasteiger partial charge in [-0.25, -0.2) is 9.18 Å². The number of likely N-dealkylation sites (tertiary alicyclic amines) is 1. The predicted octanol–water partition coefficient (Wildman–Crippen LogP) is 3.97. The van der Waals surface area contributed by atoms with Crippen LogP contribution in [-0.2, 0) is 54.3 Å². The predicted molar refractivity (Wildman–Crippen MR) is 251 cm³/mol. The van der Waals surface area contributed by atoms with Gasteiger partial charge in [-0.3, -0.25) is 38.5 Å². The summed E-state index contributed by atoms with van der Waals surface area (Å²) < 4.78 is 26.4. The van der Waals surface area contributed by atoms with Gasteiger partial charge in [-0.05, 0) is 61.0 Å². The van der Waals surface area contributed by atoms with Crippen molar-refractivity contribution in [1.82, 2.24) is 30.2 Å². The molecular weight excluding hydrogens is 880 g/mol. The number of nitrogens with zero attached hydrogens (tertiary/aromatic N) is 4. The van der Waals surface area contributed by atoms with Crippen molar-refractivity contribution in [2.24, 2.45) is 29.6 Å².